The van der Waals surface area contributed by atoms with Gasteiger partial charge in [-0.05, 0) is 6.08 Å². The lowest BCUT2D eigenvalue weighted by Crippen LogP contribution is -3.09. The summed E-state index contributed by atoms with van der Waals surface area (Å²) in [6.07, 6.45) is -0.330. The molecular weight excluding hydrogens is 494 g/mol. The van der Waals surface area contributed by atoms with Crippen molar-refractivity contribution in [1.29, 1.82) is 0 Å². The third-order valence-corrected chi connectivity index (χ3v) is 6.39. The number of aliphatic hydroxyl groups excluding tert-OH is 5. The molecule has 3 aliphatic rings. The average Bonchev–Trinajstić information content (AvgIpc) is 2.87. The minimum Gasteiger partial charge on any atom is -0.478 e. The Kier molecular flexibility index (Phi) is 9.75. The Labute approximate surface area is 212 Å². The fraction of sp³-hybridized carbons (Fsp3) is 0.500. The fourth-order valence-electron chi connectivity index (χ4n) is 4.38. The molecule has 1 fully saturated rings. The van der Waals surface area contributed by atoms with Crippen molar-refractivity contribution in [2.24, 2.45) is 11.8 Å². The smallest absolute Gasteiger partial charge is 0.337 e. The number of rotatable bonds is 10. The molecule has 0 bridgehead atoms. The maximum atomic E-state index is 11.9. The van der Waals surface area contributed by atoms with Gasteiger partial charge in [0.15, 0.2) is 6.29 Å². The van der Waals surface area contributed by atoms with Crippen molar-refractivity contribution in [3.05, 3.63) is 60.1 Å². The zero-order valence-electron chi connectivity index (χ0n) is 19.8. The summed E-state index contributed by atoms with van der Waals surface area (Å²) in [5.74, 6) is -4.10. The number of carboxylic acid groups (broad SMARTS) is 2. The van der Waals surface area contributed by atoms with E-state index in [-0.39, 0.29) is 30.8 Å². The van der Waals surface area contributed by atoms with Gasteiger partial charge in [-0.3, -0.25) is 0 Å². The van der Waals surface area contributed by atoms with Gasteiger partial charge in [0.25, 0.3) is 0 Å². The van der Waals surface area contributed by atoms with E-state index >= 15 is 0 Å². The molecule has 0 aromatic rings. The minimum absolute atomic E-state index is 0.121. The number of ether oxygens (including phenoxy) is 3. The Morgan fingerprint density at radius 3 is 2.43 bits per heavy atom. The van der Waals surface area contributed by atoms with Gasteiger partial charge in [-0.15, -0.1) is 6.58 Å². The normalized spacial score (nSPS) is 36.2. The van der Waals surface area contributed by atoms with E-state index in [9.17, 15) is 45.3 Å². The molecule has 0 amide bonds. The zero-order chi connectivity index (χ0) is 27.3. The molecule has 13 nitrogen and oxygen atoms in total. The van der Waals surface area contributed by atoms with Gasteiger partial charge in [-0.25, -0.2) is 9.59 Å². The highest BCUT2D eigenvalue weighted by Crippen LogP contribution is 2.36. The summed E-state index contributed by atoms with van der Waals surface area (Å²) in [5, 5.41) is 68.1. The van der Waals surface area contributed by atoms with Crippen molar-refractivity contribution < 1.29 is 64.4 Å². The van der Waals surface area contributed by atoms with Crippen molar-refractivity contribution in [2.75, 3.05) is 26.3 Å². The molecule has 0 aliphatic carbocycles. The Morgan fingerprint density at radius 1 is 1.11 bits per heavy atom. The average molecular weight is 527 g/mol. The Hall–Kier alpha value is -2.88. The molecule has 8 N–H and O–H groups in total. The van der Waals surface area contributed by atoms with Crippen LogP contribution < -0.4 is 4.90 Å². The first-order valence-electron chi connectivity index (χ1n) is 11.6. The molecule has 3 rings (SSSR count). The summed E-state index contributed by atoms with van der Waals surface area (Å²) in [5.41, 5.74) is 0.460. The monoisotopic (exact) mass is 526 g/mol. The molecule has 204 valence electrons. The summed E-state index contributed by atoms with van der Waals surface area (Å²) >= 11 is 0. The largest absolute Gasteiger partial charge is 0.478 e. The number of carbonyl (C=O) groups is 2. The Bertz CT molecular complexity index is 986. The van der Waals surface area contributed by atoms with Gasteiger partial charge in [0, 0.05) is 11.5 Å². The van der Waals surface area contributed by atoms with Crippen molar-refractivity contribution in [2.45, 2.75) is 37.0 Å². The van der Waals surface area contributed by atoms with Gasteiger partial charge in [0.05, 0.1) is 36.5 Å². The lowest BCUT2D eigenvalue weighted by Gasteiger charge is -2.42. The molecule has 0 spiro atoms. The van der Waals surface area contributed by atoms with Gasteiger partial charge in [-0.1, -0.05) is 18.2 Å². The first-order valence-corrected chi connectivity index (χ1v) is 11.6. The fourth-order valence-corrected chi connectivity index (χ4v) is 4.38. The molecule has 13 heteroatoms. The van der Waals surface area contributed by atoms with E-state index in [1.807, 2.05) is 0 Å². The predicted molar refractivity (Wildman–Crippen MR) is 123 cm³/mol. The molecule has 9 atom stereocenters. The highest BCUT2D eigenvalue weighted by molar-refractivity contribution is 5.88. The standard InChI is InChI=1S/C24H31NO12/c1-2-14-15(4-3-12-7-13(21(31)32)9-25(8-12)5-6-26)16(22(33)34)11-35-23(14)37-24-20(30)19(29)18(28)17(10-27)36-24/h2-4,7-8,11,14-15,17-20,23-24,26-30H,1,5-6,9-10H2,(H,31,32)(H,33,34)/p+1/b4-3+/t14-,15-,17+,18-,19-,20+,23+,24-/m0/s1. The van der Waals surface area contributed by atoms with E-state index in [1.165, 1.54) is 18.2 Å². The molecule has 0 aromatic carbocycles. The van der Waals surface area contributed by atoms with Crippen LogP contribution in [0.25, 0.3) is 0 Å². The van der Waals surface area contributed by atoms with Crippen molar-refractivity contribution in [1.82, 2.24) is 0 Å². The van der Waals surface area contributed by atoms with Crippen LogP contribution in [0.2, 0.25) is 0 Å². The summed E-state index contributed by atoms with van der Waals surface area (Å²) in [6, 6.07) is 0. The number of aliphatic carboxylic acids is 2. The van der Waals surface area contributed by atoms with Crippen molar-refractivity contribution >= 4 is 11.9 Å². The molecule has 0 saturated carbocycles. The van der Waals surface area contributed by atoms with Crippen LogP contribution in [0.5, 0.6) is 0 Å². The lowest BCUT2D eigenvalue weighted by atomic mass is 9.83. The molecule has 0 radical (unpaired) electrons. The Balaban J connectivity index is 1.87. The van der Waals surface area contributed by atoms with E-state index in [1.54, 1.807) is 12.3 Å². The van der Waals surface area contributed by atoms with E-state index in [2.05, 4.69) is 6.58 Å². The Morgan fingerprint density at radius 2 is 1.84 bits per heavy atom. The SMILES string of the molecule is C=C[C@@H]1[C@@H](O[C@@H]2O[C@H](CO)[C@H](O)[C@H](O)[C@H]2O)OC=C(C(=O)O)[C@H]1/C=C/C1=C[NH+](CCO)CC(C(=O)O)=C1. The van der Waals surface area contributed by atoms with E-state index in [0.717, 1.165) is 6.26 Å². The predicted octanol–water partition coefficient (Wildman–Crippen LogP) is -3.11. The highest BCUT2D eigenvalue weighted by atomic mass is 16.8. The number of aliphatic hydroxyl groups is 5. The van der Waals surface area contributed by atoms with Crippen molar-refractivity contribution in [3.63, 3.8) is 0 Å². The third kappa shape index (κ3) is 6.52. The third-order valence-electron chi connectivity index (χ3n) is 6.39. The van der Waals surface area contributed by atoms with Gasteiger partial charge >= 0.3 is 11.9 Å². The van der Waals surface area contributed by atoms with Crippen LogP contribution in [0.4, 0.5) is 0 Å². The molecule has 1 saturated heterocycles. The topological polar surface area (TPSA) is 208 Å². The first-order chi connectivity index (χ1) is 17.6. The van der Waals surface area contributed by atoms with E-state index in [4.69, 9.17) is 14.2 Å². The second kappa shape index (κ2) is 12.6. The quantitative estimate of drug-likeness (QED) is 0.133. The van der Waals surface area contributed by atoms with Gasteiger partial charge < -0.3 is 54.9 Å². The summed E-state index contributed by atoms with van der Waals surface area (Å²) in [6.45, 7) is 3.37. The number of carboxylic acids is 2. The van der Waals surface area contributed by atoms with E-state index in [0.29, 0.717) is 10.5 Å². The van der Waals surface area contributed by atoms with Crippen LogP contribution in [0.15, 0.2) is 60.1 Å². The molecule has 0 aromatic heterocycles. The number of nitrogens with one attached hydrogen (secondary N) is 1. The van der Waals surface area contributed by atoms with Gasteiger partial charge in [-0.2, -0.15) is 0 Å². The molecule has 1 unspecified atom stereocenters. The number of allylic oxidation sites excluding steroid dienone is 4. The van der Waals surface area contributed by atoms with Gasteiger partial charge in [0.2, 0.25) is 6.29 Å². The van der Waals surface area contributed by atoms with Gasteiger partial charge in [0.1, 0.15) is 43.7 Å². The number of hydrogen-bond acceptors (Lipinski definition) is 10. The maximum Gasteiger partial charge on any atom is 0.337 e. The van der Waals surface area contributed by atoms with Crippen LogP contribution in [0.3, 0.4) is 0 Å². The van der Waals surface area contributed by atoms with Crippen LogP contribution in [-0.4, -0.2) is 111 Å². The zero-order valence-corrected chi connectivity index (χ0v) is 19.8. The molecule has 3 aliphatic heterocycles. The van der Waals surface area contributed by atoms with Crippen LogP contribution in [0, 0.1) is 11.8 Å². The summed E-state index contributed by atoms with van der Waals surface area (Å²) < 4.78 is 16.5. The van der Waals surface area contributed by atoms with Crippen molar-refractivity contribution in [3.8, 4) is 0 Å². The van der Waals surface area contributed by atoms with Crippen LogP contribution in [-0.2, 0) is 23.8 Å². The maximum absolute atomic E-state index is 11.9. The molecular formula is C24H32NO12+. The first kappa shape index (κ1) is 28.7. The van der Waals surface area contributed by atoms with E-state index < -0.39 is 67.4 Å². The highest BCUT2D eigenvalue weighted by Gasteiger charge is 2.47. The molecule has 3 heterocycles. The molecule has 37 heavy (non-hydrogen) atoms. The summed E-state index contributed by atoms with van der Waals surface area (Å²) in [7, 11) is 0. The van der Waals surface area contributed by atoms with Crippen LogP contribution >= 0.6 is 0 Å². The second-order valence-corrected chi connectivity index (χ2v) is 8.84. The summed E-state index contributed by atoms with van der Waals surface area (Å²) in [4.78, 5) is 24.2. The minimum atomic E-state index is -1.70. The van der Waals surface area contributed by atoms with Crippen LogP contribution in [0.1, 0.15) is 0 Å². The lowest BCUT2D eigenvalue weighted by molar-refractivity contribution is -0.842. The number of quaternary nitrogens is 1. The second-order valence-electron chi connectivity index (χ2n) is 8.84. The number of hydrogen-bond donors (Lipinski definition) is 8.